The number of halogens is 1. The molecule has 2 rings (SSSR count). The van der Waals surface area contributed by atoms with Crippen molar-refractivity contribution in [2.75, 3.05) is 17.7 Å². The molecule has 0 aliphatic carbocycles. The Kier molecular flexibility index (Phi) is 6.14. The lowest BCUT2D eigenvalue weighted by atomic mass is 10.2. The second-order valence-corrected chi connectivity index (χ2v) is 5.66. The minimum absolute atomic E-state index is 0.343. The van der Waals surface area contributed by atoms with Crippen molar-refractivity contribution in [2.45, 2.75) is 13.3 Å². The third-order valence-corrected chi connectivity index (χ3v) is 3.86. The summed E-state index contributed by atoms with van der Waals surface area (Å²) >= 11 is 5.99. The molecule has 0 heterocycles. The van der Waals surface area contributed by atoms with Gasteiger partial charge < -0.3 is 15.4 Å². The van der Waals surface area contributed by atoms with Gasteiger partial charge in [-0.3, -0.25) is 9.59 Å². The number of ether oxygens (including phenoxy) is 1. The highest BCUT2D eigenvalue weighted by atomic mass is 35.5. The van der Waals surface area contributed by atoms with Gasteiger partial charge in [0.25, 0.3) is 0 Å². The topological polar surface area (TPSA) is 84.5 Å². The van der Waals surface area contributed by atoms with Gasteiger partial charge in [0, 0.05) is 16.4 Å². The minimum atomic E-state index is -0.469. The Hall–Kier alpha value is -2.86. The van der Waals surface area contributed by atoms with Gasteiger partial charge in [0.1, 0.15) is 6.42 Å². The van der Waals surface area contributed by atoms with Crippen LogP contribution < -0.4 is 10.6 Å². The van der Waals surface area contributed by atoms with Crippen molar-refractivity contribution >= 4 is 40.8 Å². The van der Waals surface area contributed by atoms with E-state index < -0.39 is 17.8 Å². The van der Waals surface area contributed by atoms with Crippen LogP contribution in [0.4, 0.5) is 11.4 Å². The molecule has 0 spiro atoms. The lowest BCUT2D eigenvalue weighted by molar-refractivity contribution is -0.123. The first kappa shape index (κ1) is 18.5. The molecule has 0 bridgehead atoms. The van der Waals surface area contributed by atoms with Crippen molar-refractivity contribution < 1.29 is 19.1 Å². The smallest absolute Gasteiger partial charge is 0.337 e. The maximum absolute atomic E-state index is 12.0. The quantitative estimate of drug-likeness (QED) is 0.632. The first-order valence-corrected chi connectivity index (χ1v) is 7.81. The van der Waals surface area contributed by atoms with E-state index in [9.17, 15) is 14.4 Å². The predicted octanol–water partition coefficient (Wildman–Crippen LogP) is 3.40. The average molecular weight is 361 g/mol. The predicted molar refractivity (Wildman–Crippen MR) is 95.8 cm³/mol. The molecule has 2 N–H and O–H groups in total. The summed E-state index contributed by atoms with van der Waals surface area (Å²) in [4.78, 5) is 35.3. The summed E-state index contributed by atoms with van der Waals surface area (Å²) in [5, 5.41) is 5.78. The number of hydrogen-bond acceptors (Lipinski definition) is 4. The highest BCUT2D eigenvalue weighted by Gasteiger charge is 2.12. The van der Waals surface area contributed by atoms with Gasteiger partial charge in [-0.1, -0.05) is 17.7 Å². The Balaban J connectivity index is 1.92. The van der Waals surface area contributed by atoms with E-state index in [0.717, 1.165) is 5.56 Å². The Morgan fingerprint density at radius 2 is 1.64 bits per heavy atom. The largest absolute Gasteiger partial charge is 0.465 e. The standard InChI is InChI=1S/C18H17ClN2O4/c1-11-14(19)4-3-5-15(11)21-17(23)10-16(22)20-13-8-6-12(7-9-13)18(24)25-2/h3-9H,10H2,1-2H3,(H,20,22)(H,21,23). The molecule has 0 fully saturated rings. The summed E-state index contributed by atoms with van der Waals surface area (Å²) in [6.45, 7) is 1.78. The normalized spacial score (nSPS) is 10.0. The molecule has 0 saturated carbocycles. The Labute approximate surface area is 150 Å². The van der Waals surface area contributed by atoms with Gasteiger partial charge >= 0.3 is 5.97 Å². The Morgan fingerprint density at radius 1 is 1.00 bits per heavy atom. The summed E-state index contributed by atoms with van der Waals surface area (Å²) in [7, 11) is 1.29. The van der Waals surface area contributed by atoms with Crippen LogP contribution in [0, 0.1) is 6.92 Å². The van der Waals surface area contributed by atoms with Crippen LogP contribution in [0.15, 0.2) is 42.5 Å². The van der Waals surface area contributed by atoms with E-state index in [1.165, 1.54) is 19.2 Å². The lowest BCUT2D eigenvalue weighted by Gasteiger charge is -2.10. The molecule has 0 aliphatic rings. The SMILES string of the molecule is COC(=O)c1ccc(NC(=O)CC(=O)Nc2cccc(Cl)c2C)cc1. The fourth-order valence-electron chi connectivity index (χ4n) is 2.10. The maximum atomic E-state index is 12.0. The maximum Gasteiger partial charge on any atom is 0.337 e. The molecule has 7 heteroatoms. The number of nitrogens with one attached hydrogen (secondary N) is 2. The molecule has 130 valence electrons. The number of amides is 2. The molecule has 0 unspecified atom stereocenters. The van der Waals surface area contributed by atoms with Crippen LogP contribution in [0.1, 0.15) is 22.3 Å². The number of carbonyl (C=O) groups excluding carboxylic acids is 3. The highest BCUT2D eigenvalue weighted by Crippen LogP contribution is 2.23. The molecule has 25 heavy (non-hydrogen) atoms. The number of esters is 1. The van der Waals surface area contributed by atoms with E-state index >= 15 is 0 Å². The molecule has 2 amide bonds. The summed E-state index contributed by atoms with van der Waals surface area (Å²) in [6, 6.07) is 11.3. The van der Waals surface area contributed by atoms with E-state index in [1.807, 2.05) is 0 Å². The van der Waals surface area contributed by atoms with E-state index in [0.29, 0.717) is 22.0 Å². The van der Waals surface area contributed by atoms with Crippen molar-refractivity contribution in [3.63, 3.8) is 0 Å². The van der Waals surface area contributed by atoms with Crippen molar-refractivity contribution in [3.05, 3.63) is 58.6 Å². The van der Waals surface area contributed by atoms with Gasteiger partial charge in [-0.05, 0) is 48.9 Å². The molecule has 0 radical (unpaired) electrons. The van der Waals surface area contributed by atoms with Crippen LogP contribution >= 0.6 is 11.6 Å². The van der Waals surface area contributed by atoms with Gasteiger partial charge in [-0.25, -0.2) is 4.79 Å². The van der Waals surface area contributed by atoms with E-state index in [-0.39, 0.29) is 6.42 Å². The van der Waals surface area contributed by atoms with Gasteiger partial charge in [-0.15, -0.1) is 0 Å². The third kappa shape index (κ3) is 5.06. The second-order valence-electron chi connectivity index (χ2n) is 5.25. The highest BCUT2D eigenvalue weighted by molar-refractivity contribution is 6.31. The third-order valence-electron chi connectivity index (χ3n) is 3.45. The molecular formula is C18H17ClN2O4. The molecule has 0 saturated heterocycles. The van der Waals surface area contributed by atoms with Gasteiger partial charge in [-0.2, -0.15) is 0 Å². The number of anilines is 2. The Morgan fingerprint density at radius 3 is 2.28 bits per heavy atom. The van der Waals surface area contributed by atoms with Crippen LogP contribution in [-0.2, 0) is 14.3 Å². The molecule has 2 aromatic rings. The average Bonchev–Trinajstić information content (AvgIpc) is 2.58. The fraction of sp³-hybridized carbons (Fsp3) is 0.167. The zero-order valence-electron chi connectivity index (χ0n) is 13.8. The lowest BCUT2D eigenvalue weighted by Crippen LogP contribution is -2.21. The number of methoxy groups -OCH3 is 1. The monoisotopic (exact) mass is 360 g/mol. The summed E-state index contributed by atoms with van der Waals surface area (Å²) in [5.41, 5.74) is 2.14. The van der Waals surface area contributed by atoms with Crippen molar-refractivity contribution in [2.24, 2.45) is 0 Å². The molecule has 6 nitrogen and oxygen atoms in total. The second kappa shape index (κ2) is 8.30. The van der Waals surface area contributed by atoms with Crippen LogP contribution in [0.2, 0.25) is 5.02 Å². The van der Waals surface area contributed by atoms with E-state index in [4.69, 9.17) is 11.6 Å². The van der Waals surface area contributed by atoms with Crippen LogP contribution in [-0.4, -0.2) is 24.9 Å². The van der Waals surface area contributed by atoms with Crippen molar-refractivity contribution in [1.82, 2.24) is 0 Å². The number of rotatable bonds is 5. The molecular weight excluding hydrogens is 344 g/mol. The molecule has 0 aromatic heterocycles. The molecule has 0 atom stereocenters. The van der Waals surface area contributed by atoms with Gasteiger partial charge in [0.05, 0.1) is 12.7 Å². The van der Waals surface area contributed by atoms with Crippen molar-refractivity contribution in [3.8, 4) is 0 Å². The van der Waals surface area contributed by atoms with E-state index in [2.05, 4.69) is 15.4 Å². The van der Waals surface area contributed by atoms with Crippen LogP contribution in [0.3, 0.4) is 0 Å². The number of carbonyl (C=O) groups is 3. The van der Waals surface area contributed by atoms with Crippen LogP contribution in [0.5, 0.6) is 0 Å². The zero-order valence-corrected chi connectivity index (χ0v) is 14.5. The Bertz CT molecular complexity index is 803. The van der Waals surface area contributed by atoms with Crippen LogP contribution in [0.25, 0.3) is 0 Å². The van der Waals surface area contributed by atoms with E-state index in [1.54, 1.807) is 37.3 Å². The summed E-state index contributed by atoms with van der Waals surface area (Å²) < 4.78 is 4.60. The number of benzene rings is 2. The first-order valence-electron chi connectivity index (χ1n) is 7.44. The molecule has 0 aliphatic heterocycles. The fourth-order valence-corrected chi connectivity index (χ4v) is 2.27. The molecule has 2 aromatic carbocycles. The zero-order chi connectivity index (χ0) is 18.4. The van der Waals surface area contributed by atoms with Gasteiger partial charge in [0.2, 0.25) is 11.8 Å². The minimum Gasteiger partial charge on any atom is -0.465 e. The summed E-state index contributed by atoms with van der Waals surface area (Å²) in [5.74, 6) is -1.38. The first-order chi connectivity index (χ1) is 11.9. The van der Waals surface area contributed by atoms with Gasteiger partial charge in [0.15, 0.2) is 0 Å². The number of hydrogen-bond donors (Lipinski definition) is 2. The summed E-state index contributed by atoms with van der Waals surface area (Å²) in [6.07, 6.45) is -0.343. The van der Waals surface area contributed by atoms with Crippen molar-refractivity contribution in [1.29, 1.82) is 0 Å².